The lowest BCUT2D eigenvalue weighted by Crippen LogP contribution is -2.68. The Morgan fingerprint density at radius 2 is 1.71 bits per heavy atom. The molecule has 0 amide bonds. The van der Waals surface area contributed by atoms with Crippen molar-refractivity contribution in [1.29, 1.82) is 0 Å². The van der Waals surface area contributed by atoms with Crippen LogP contribution in [0, 0.1) is 5.92 Å². The van der Waals surface area contributed by atoms with Gasteiger partial charge in [-0.3, -0.25) is 9.69 Å². The van der Waals surface area contributed by atoms with E-state index in [1.54, 1.807) is 6.07 Å². The number of nitrogens with zero attached hydrogens (tertiary/aromatic N) is 2. The van der Waals surface area contributed by atoms with Crippen LogP contribution in [0.3, 0.4) is 0 Å². The van der Waals surface area contributed by atoms with E-state index >= 15 is 0 Å². The summed E-state index contributed by atoms with van der Waals surface area (Å²) in [6.07, 6.45) is 4.42. The fourth-order valence-corrected chi connectivity index (χ4v) is 11.9. The topological polar surface area (TPSA) is 74.0 Å². The Balaban J connectivity index is 1.33. The van der Waals surface area contributed by atoms with Gasteiger partial charge in [-0.25, -0.2) is 0 Å². The smallest absolute Gasteiger partial charge is 0.316 e. The lowest BCUT2D eigenvalue weighted by molar-refractivity contribution is -0.144. The van der Waals surface area contributed by atoms with E-state index in [0.717, 1.165) is 32.2 Å². The average molecular weight is 591 g/mol. The molecule has 226 valence electrons. The van der Waals surface area contributed by atoms with E-state index in [2.05, 4.69) is 91.5 Å². The second-order valence-corrected chi connectivity index (χ2v) is 17.6. The number of benzene rings is 2. The van der Waals surface area contributed by atoms with Crippen LogP contribution in [-0.4, -0.2) is 62.8 Å². The highest BCUT2D eigenvalue weighted by molar-refractivity contribution is 6.99. The van der Waals surface area contributed by atoms with Crippen molar-refractivity contribution in [2.75, 3.05) is 26.9 Å². The minimum absolute atomic E-state index is 0.00367. The first kappa shape index (κ1) is 30.5. The molecule has 5 rings (SSSR count). The van der Waals surface area contributed by atoms with E-state index < -0.39 is 14.2 Å². The van der Waals surface area contributed by atoms with Gasteiger partial charge in [0, 0.05) is 17.6 Å². The molecule has 3 atom stereocenters. The second kappa shape index (κ2) is 12.3. The van der Waals surface area contributed by atoms with Gasteiger partial charge >= 0.3 is 5.97 Å². The van der Waals surface area contributed by atoms with E-state index in [-0.39, 0.29) is 28.5 Å². The standard InChI is InChI=1S/C34H46N2O5Si/c1-25(2)31(32(37)38-6)29-22-30(35-41-29)39-23-26-18-20-34(19-13-21-36(26)34)24-40-42(33(3,4)5,27-14-9-7-10-15-27)28-16-11-8-12-17-28/h7-12,14-17,22,25-26,31H,13,18-21,23-24H2,1-6H3/t26?,31?,34-/m1/s1. The van der Waals surface area contributed by atoms with Crippen LogP contribution in [0.15, 0.2) is 71.3 Å². The van der Waals surface area contributed by atoms with E-state index in [1.807, 2.05) is 13.8 Å². The molecule has 8 heteroatoms. The summed E-state index contributed by atoms with van der Waals surface area (Å²) >= 11 is 0. The van der Waals surface area contributed by atoms with Crippen LogP contribution in [0.5, 0.6) is 5.88 Å². The van der Waals surface area contributed by atoms with Gasteiger partial charge in [0.15, 0.2) is 5.76 Å². The van der Waals surface area contributed by atoms with Gasteiger partial charge < -0.3 is 18.4 Å². The van der Waals surface area contributed by atoms with E-state index in [1.165, 1.54) is 17.5 Å². The number of rotatable bonds is 11. The molecule has 0 saturated carbocycles. The highest BCUT2D eigenvalue weighted by atomic mass is 28.4. The van der Waals surface area contributed by atoms with E-state index in [0.29, 0.717) is 24.9 Å². The molecule has 0 radical (unpaired) electrons. The largest absolute Gasteiger partial charge is 0.474 e. The van der Waals surface area contributed by atoms with Crippen molar-refractivity contribution < 1.29 is 23.2 Å². The Hall–Kier alpha value is -2.94. The highest BCUT2D eigenvalue weighted by Crippen LogP contribution is 2.45. The van der Waals surface area contributed by atoms with Crippen molar-refractivity contribution in [2.24, 2.45) is 5.92 Å². The molecule has 2 unspecified atom stereocenters. The Labute approximate surface area is 251 Å². The Morgan fingerprint density at radius 1 is 1.07 bits per heavy atom. The number of aromatic nitrogens is 1. The van der Waals surface area contributed by atoms with Crippen LogP contribution < -0.4 is 15.1 Å². The summed E-state index contributed by atoms with van der Waals surface area (Å²) in [4.78, 5) is 14.9. The second-order valence-electron chi connectivity index (χ2n) is 13.3. The van der Waals surface area contributed by atoms with Crippen LogP contribution >= 0.6 is 0 Å². The zero-order valence-corrected chi connectivity index (χ0v) is 27.0. The summed E-state index contributed by atoms with van der Waals surface area (Å²) < 4.78 is 24.1. The molecule has 0 spiro atoms. The minimum atomic E-state index is -2.62. The van der Waals surface area contributed by atoms with Crippen molar-refractivity contribution >= 4 is 24.7 Å². The molecule has 0 aliphatic carbocycles. The molecule has 42 heavy (non-hydrogen) atoms. The van der Waals surface area contributed by atoms with Crippen molar-refractivity contribution in [3.8, 4) is 5.88 Å². The fraction of sp³-hybridized carbons (Fsp3) is 0.529. The van der Waals surface area contributed by atoms with Gasteiger partial charge in [-0.05, 0) is 58.7 Å². The number of methoxy groups -OCH3 is 1. The number of fused-ring (bicyclic) bond motifs is 1. The van der Waals surface area contributed by atoms with Crippen molar-refractivity contribution in [3.05, 3.63) is 72.5 Å². The van der Waals surface area contributed by atoms with Gasteiger partial charge in [-0.15, -0.1) is 0 Å². The van der Waals surface area contributed by atoms with Gasteiger partial charge in [0.05, 0.1) is 13.7 Å². The van der Waals surface area contributed by atoms with Gasteiger partial charge in [-0.2, -0.15) is 0 Å². The summed E-state index contributed by atoms with van der Waals surface area (Å²) in [7, 11) is -1.23. The zero-order chi connectivity index (χ0) is 30.0. The molecule has 2 saturated heterocycles. The van der Waals surface area contributed by atoms with Crippen molar-refractivity contribution in [2.45, 2.75) is 82.8 Å². The van der Waals surface area contributed by atoms with E-state index in [4.69, 9.17) is 18.4 Å². The quantitative estimate of drug-likeness (QED) is 0.214. The highest BCUT2D eigenvalue weighted by Gasteiger charge is 2.55. The number of hydrogen-bond donors (Lipinski definition) is 0. The molecule has 0 bridgehead atoms. The molecule has 2 fully saturated rings. The van der Waals surface area contributed by atoms with Gasteiger partial charge in [-0.1, -0.05) is 95.3 Å². The first-order valence-corrected chi connectivity index (χ1v) is 17.2. The first-order valence-electron chi connectivity index (χ1n) is 15.3. The summed E-state index contributed by atoms with van der Waals surface area (Å²) in [5, 5.41) is 6.70. The van der Waals surface area contributed by atoms with Gasteiger partial charge in [0.1, 0.15) is 12.5 Å². The molecule has 2 aliphatic rings. The summed E-state index contributed by atoms with van der Waals surface area (Å²) in [6, 6.07) is 23.8. The SMILES string of the molecule is COC(=O)C(c1cc(OCC2CC[C@@]3(CO[Si](c4ccccc4)(c4ccccc4)C(C)(C)C)CCCN23)no1)C(C)C. The molecule has 3 heterocycles. The number of hydrogen-bond acceptors (Lipinski definition) is 7. The van der Waals surface area contributed by atoms with Crippen molar-refractivity contribution in [1.82, 2.24) is 10.1 Å². The molecule has 7 nitrogen and oxygen atoms in total. The first-order chi connectivity index (χ1) is 20.1. The van der Waals surface area contributed by atoms with E-state index in [9.17, 15) is 4.79 Å². The maximum absolute atomic E-state index is 12.3. The maximum Gasteiger partial charge on any atom is 0.316 e. The van der Waals surface area contributed by atoms with Crippen molar-refractivity contribution in [3.63, 3.8) is 0 Å². The number of carbonyl (C=O) groups is 1. The summed E-state index contributed by atoms with van der Waals surface area (Å²) in [6.45, 7) is 13.2. The zero-order valence-electron chi connectivity index (χ0n) is 26.0. The predicted octanol–water partition coefficient (Wildman–Crippen LogP) is 5.54. The Bertz CT molecular complexity index is 1280. The summed E-state index contributed by atoms with van der Waals surface area (Å²) in [5.41, 5.74) is 0.00367. The Kier molecular flexibility index (Phi) is 8.97. The van der Waals surface area contributed by atoms with Crippen LogP contribution in [-0.2, 0) is 14.0 Å². The molecular weight excluding hydrogens is 544 g/mol. The van der Waals surface area contributed by atoms with Gasteiger partial charge in [0.2, 0.25) is 0 Å². The third kappa shape index (κ3) is 5.69. The third-order valence-corrected chi connectivity index (χ3v) is 14.3. The Morgan fingerprint density at radius 3 is 2.29 bits per heavy atom. The number of ether oxygens (including phenoxy) is 2. The van der Waals surface area contributed by atoms with Crippen LogP contribution in [0.2, 0.25) is 5.04 Å². The molecule has 1 aromatic heterocycles. The normalized spacial score (nSPS) is 21.8. The van der Waals surface area contributed by atoms with Gasteiger partial charge in [0.25, 0.3) is 14.2 Å². The minimum Gasteiger partial charge on any atom is -0.474 e. The number of esters is 1. The molecular formula is C34H46N2O5Si. The lowest BCUT2D eigenvalue weighted by atomic mass is 9.93. The summed E-state index contributed by atoms with van der Waals surface area (Å²) in [5.74, 6) is 0.0866. The van der Waals surface area contributed by atoms with Crippen LogP contribution in [0.4, 0.5) is 0 Å². The van der Waals surface area contributed by atoms with Crippen LogP contribution in [0.1, 0.15) is 72.0 Å². The molecule has 0 N–H and O–H groups in total. The molecule has 2 aromatic carbocycles. The monoisotopic (exact) mass is 590 g/mol. The lowest BCUT2D eigenvalue weighted by Gasteiger charge is -2.46. The molecule has 2 aliphatic heterocycles. The third-order valence-electron chi connectivity index (χ3n) is 9.37. The fourth-order valence-electron chi connectivity index (χ4n) is 7.31. The predicted molar refractivity (Wildman–Crippen MR) is 167 cm³/mol. The number of carbonyl (C=O) groups excluding carboxylic acids is 1. The van der Waals surface area contributed by atoms with Crippen LogP contribution in [0.25, 0.3) is 0 Å². The average Bonchev–Trinajstić information content (AvgIpc) is 3.69. The molecule has 3 aromatic rings. The maximum atomic E-state index is 12.3.